The minimum absolute atomic E-state index is 0. The molecule has 0 heterocycles. The zero-order valence-corrected chi connectivity index (χ0v) is 28.3. The van der Waals surface area contributed by atoms with Crippen LogP contribution in [0.2, 0.25) is 0 Å². The summed E-state index contributed by atoms with van der Waals surface area (Å²) in [7, 11) is 0. The molecule has 10 unspecified atom stereocenters. The number of aliphatic carboxylic acids is 6. The molecular weight excluding hydrogens is 1020 g/mol. The molecule has 4 radical (unpaired) electrons. The van der Waals surface area contributed by atoms with Crippen molar-refractivity contribution in [2.45, 2.75) is 61.0 Å². The average molecular weight is 1040 g/mol. The molecule has 252 valence electrons. The van der Waals surface area contributed by atoms with Gasteiger partial charge in [-0.05, 0) is 0 Å². The Hall–Kier alpha value is -1.89. The fraction of sp³-hybridized carbons (Fsp3) is 0.667. The number of carboxylic acid groups (broad SMARTS) is 6. The van der Waals surface area contributed by atoms with E-state index < -0.39 is 110 Å². The summed E-state index contributed by atoms with van der Waals surface area (Å²) in [4.78, 5) is 57.8. The van der Waals surface area contributed by atoms with Crippen molar-refractivity contribution in [1.82, 2.24) is 0 Å². The molecule has 0 aliphatic rings. The van der Waals surface area contributed by atoms with Crippen LogP contribution in [0.4, 0.5) is 0 Å². The maximum atomic E-state index is 9.63. The first-order valence-electron chi connectivity index (χ1n) is 10.2. The maximum absolute atomic E-state index is 9.63. The van der Waals surface area contributed by atoms with E-state index in [1.165, 1.54) is 0 Å². The van der Waals surface area contributed by atoms with Crippen LogP contribution in [0, 0.1) is 0 Å². The summed E-state index contributed by atoms with van der Waals surface area (Å²) in [5.41, 5.74) is 0. The molecule has 10 atom stereocenters. The van der Waals surface area contributed by atoms with E-state index in [4.69, 9.17) is 61.3 Å². The van der Waals surface area contributed by atoms with Crippen LogP contribution < -0.4 is 30.6 Å². The third-order valence-electron chi connectivity index (χ3n) is 3.86. The Balaban J connectivity index is -0.000000108. The topological polar surface area (TPSA) is 484 Å². The third kappa shape index (κ3) is 24.4. The van der Waals surface area contributed by atoms with Crippen molar-refractivity contribution < 1.29 is 121 Å². The molecule has 0 aromatic carbocycles. The molecule has 0 saturated heterocycles. The van der Waals surface area contributed by atoms with Crippen LogP contribution in [0.1, 0.15) is 0 Å². The molecule has 0 spiro atoms. The molecule has 0 fully saturated rings. The van der Waals surface area contributed by atoms with Crippen LogP contribution >= 0.6 is 0 Å². The van der Waals surface area contributed by atoms with Gasteiger partial charge in [0, 0.05) is 0 Å². The fourth-order valence-electron chi connectivity index (χ4n) is 1.44. The van der Waals surface area contributed by atoms with Gasteiger partial charge in [0.1, 0.15) is 61.0 Å². The van der Waals surface area contributed by atoms with Crippen molar-refractivity contribution in [1.29, 1.82) is 0 Å². The predicted octanol–water partition coefficient (Wildman–Crippen LogP) is -18.7. The molecule has 0 aliphatic heterocycles. The molecule has 24 nitrogen and oxygen atoms in total. The van der Waals surface area contributed by atoms with Gasteiger partial charge < -0.3 is 121 Å². The smallest absolute Gasteiger partial charge is 0.547 e. The van der Waals surface area contributed by atoms with Crippen LogP contribution in [0.3, 0.4) is 0 Å². The minimum Gasteiger partial charge on any atom is -0.547 e. The Kier molecular flexibility index (Phi) is 35.4. The van der Waals surface area contributed by atoms with Gasteiger partial charge in [0.25, 0.3) is 0 Å². The monoisotopic (exact) mass is 1040 g/mol. The molecule has 0 bridgehead atoms. The summed E-state index contributed by atoms with van der Waals surface area (Å²) in [6.45, 7) is -1.45. The molecule has 0 aliphatic carbocycles. The first-order valence-corrected chi connectivity index (χ1v) is 10.2. The number of rotatable bonds is 14. The zero-order valence-electron chi connectivity index (χ0n) is 21.3. The summed E-state index contributed by atoms with van der Waals surface area (Å²) in [6, 6.07) is 0. The van der Waals surface area contributed by atoms with Gasteiger partial charge in [-0.3, -0.25) is 0 Å². The predicted molar refractivity (Wildman–Crippen MR) is 116 cm³/mol. The number of carbonyl (C=O) groups excluding carboxylic acids is 6. The van der Waals surface area contributed by atoms with E-state index in [0.29, 0.717) is 0 Å². The van der Waals surface area contributed by atoms with Gasteiger partial charge in [-0.15, -0.1) is 0 Å². The van der Waals surface area contributed by atoms with Gasteiger partial charge in [0.15, 0.2) is 0 Å². The molecule has 26 heteroatoms. The van der Waals surface area contributed by atoms with E-state index in [-0.39, 0.29) is 52.4 Å². The van der Waals surface area contributed by atoms with Crippen LogP contribution in [0.15, 0.2) is 0 Å². The number of hydrogen-bond acceptors (Lipinski definition) is 24. The minimum atomic E-state index is -2.44. The molecule has 0 rings (SSSR count). The Morgan fingerprint density at radius 3 is 0.545 bits per heavy atom. The van der Waals surface area contributed by atoms with Crippen LogP contribution in [0.25, 0.3) is 0 Å². The summed E-state index contributed by atoms with van der Waals surface area (Å²) >= 11 is 0. The third-order valence-corrected chi connectivity index (χ3v) is 3.86. The fourth-order valence-corrected chi connectivity index (χ4v) is 1.44. The molecule has 44 heavy (non-hydrogen) atoms. The van der Waals surface area contributed by atoms with Gasteiger partial charge in [-0.25, -0.2) is 0 Å². The molecular formula is C18H26Bi2O24. The van der Waals surface area contributed by atoms with Gasteiger partial charge in [-0.1, -0.05) is 0 Å². The van der Waals surface area contributed by atoms with E-state index in [1.54, 1.807) is 0 Å². The number of carbonyl (C=O) groups is 6. The quantitative estimate of drug-likeness (QED) is 0.0719. The average Bonchev–Trinajstić information content (AvgIpc) is 2.93. The van der Waals surface area contributed by atoms with Crippen molar-refractivity contribution in [3.8, 4) is 0 Å². The molecule has 0 aromatic rings. The molecule has 0 amide bonds. The number of carboxylic acids is 6. The van der Waals surface area contributed by atoms with Crippen molar-refractivity contribution in [3.05, 3.63) is 0 Å². The Bertz CT molecular complexity index is 703. The number of aliphatic hydroxyl groups is 12. The summed E-state index contributed by atoms with van der Waals surface area (Å²) in [6.07, 6.45) is -21.0. The second kappa shape index (κ2) is 28.6. The second-order valence-corrected chi connectivity index (χ2v) is 7.06. The summed E-state index contributed by atoms with van der Waals surface area (Å²) in [5, 5.41) is 159. The normalized spacial score (nSPS) is 16.6. The number of hydrogen-bond donors (Lipinski definition) is 12. The van der Waals surface area contributed by atoms with E-state index in [2.05, 4.69) is 0 Å². The second-order valence-electron chi connectivity index (χ2n) is 7.06. The largest absolute Gasteiger partial charge is 3.00 e. The SMILES string of the molecule is O=C([O-])C(O)C(O)C(=O)[O-].O=C([O-])C(O)C(O)C(=O)[O-].O=C([O-])C(O)C(O)C(=O)[O-].OCC(O)C(O)C(O)C(O)CO.[Bi+3].[Bi+3]. The van der Waals surface area contributed by atoms with Gasteiger partial charge in [-0.2, -0.15) is 0 Å². The van der Waals surface area contributed by atoms with Gasteiger partial charge in [0.2, 0.25) is 0 Å². The molecule has 0 saturated carbocycles. The first-order chi connectivity index (χ1) is 18.9. The van der Waals surface area contributed by atoms with Crippen LogP contribution in [0.5, 0.6) is 0 Å². The van der Waals surface area contributed by atoms with E-state index in [9.17, 15) is 59.4 Å². The van der Waals surface area contributed by atoms with Gasteiger partial charge in [0.05, 0.1) is 49.0 Å². The van der Waals surface area contributed by atoms with E-state index >= 15 is 0 Å². The Labute approximate surface area is 282 Å². The van der Waals surface area contributed by atoms with E-state index in [0.717, 1.165) is 0 Å². The van der Waals surface area contributed by atoms with Crippen LogP contribution in [-0.2, 0) is 28.8 Å². The van der Waals surface area contributed by atoms with Crippen molar-refractivity contribution in [2.24, 2.45) is 0 Å². The van der Waals surface area contributed by atoms with Crippen molar-refractivity contribution in [2.75, 3.05) is 13.2 Å². The molecule has 0 aromatic heterocycles. The number of aliphatic hydroxyl groups excluding tert-OH is 12. The Morgan fingerprint density at radius 1 is 0.364 bits per heavy atom. The molecule has 12 N–H and O–H groups in total. The first kappa shape index (κ1) is 54.6. The summed E-state index contributed by atoms with van der Waals surface area (Å²) in [5.74, 6) is -12.4. The standard InChI is InChI=1S/C6H14O6.3C4H6O6.2Bi/c7-1-3(9)5(11)6(12)4(10)2-8;3*5-1(3(7)8)2(6)4(9)10;;/h3-12H,1-2H2;3*1-2,5-6H,(H,7,8)(H,9,10);;/q;;;;2*+3/p-6. The van der Waals surface area contributed by atoms with Crippen LogP contribution in [-0.4, -0.2) is 224 Å². The van der Waals surface area contributed by atoms with Crippen molar-refractivity contribution in [3.63, 3.8) is 0 Å². The van der Waals surface area contributed by atoms with Gasteiger partial charge >= 0.3 is 52.4 Å². The summed E-state index contributed by atoms with van der Waals surface area (Å²) < 4.78 is 0. The van der Waals surface area contributed by atoms with E-state index in [1.807, 2.05) is 0 Å². The van der Waals surface area contributed by atoms with Crippen molar-refractivity contribution >= 4 is 88.2 Å². The Morgan fingerprint density at radius 2 is 0.477 bits per heavy atom. The maximum Gasteiger partial charge on any atom is 3.00 e. The zero-order chi connectivity index (χ0) is 34.7.